The van der Waals surface area contributed by atoms with E-state index in [2.05, 4.69) is 28.8 Å². The Morgan fingerprint density at radius 1 is 1.30 bits per heavy atom. The Kier molecular flexibility index (Phi) is 4.21. The first-order valence-electron chi connectivity index (χ1n) is 7.16. The van der Waals surface area contributed by atoms with Crippen LogP contribution in [0.1, 0.15) is 38.3 Å². The van der Waals surface area contributed by atoms with Crippen LogP contribution in [-0.2, 0) is 17.6 Å². The van der Waals surface area contributed by atoms with Crippen molar-refractivity contribution in [2.45, 2.75) is 51.7 Å². The van der Waals surface area contributed by atoms with E-state index < -0.39 is 5.60 Å². The lowest BCUT2D eigenvalue weighted by Crippen LogP contribution is -2.41. The second-order valence-electron chi connectivity index (χ2n) is 6.32. The SMILES string of the molecule is CNc1ccc2c(c1)CCC(NC(=O)OC(C)(C)C)C2. The van der Waals surface area contributed by atoms with Gasteiger partial charge in [-0.15, -0.1) is 0 Å². The molecule has 0 aromatic heterocycles. The summed E-state index contributed by atoms with van der Waals surface area (Å²) in [7, 11) is 1.93. The summed E-state index contributed by atoms with van der Waals surface area (Å²) >= 11 is 0. The summed E-state index contributed by atoms with van der Waals surface area (Å²) in [5.41, 5.74) is 3.39. The van der Waals surface area contributed by atoms with Crippen LogP contribution in [0.3, 0.4) is 0 Å². The largest absolute Gasteiger partial charge is 0.444 e. The molecule has 0 saturated carbocycles. The number of anilines is 1. The number of carbonyl (C=O) groups is 1. The van der Waals surface area contributed by atoms with Crippen LogP contribution in [0.2, 0.25) is 0 Å². The summed E-state index contributed by atoms with van der Waals surface area (Å²) in [6.07, 6.45) is 2.50. The first kappa shape index (κ1) is 14.7. The van der Waals surface area contributed by atoms with Crippen molar-refractivity contribution in [3.63, 3.8) is 0 Å². The zero-order valence-electron chi connectivity index (χ0n) is 12.7. The third kappa shape index (κ3) is 3.89. The zero-order valence-corrected chi connectivity index (χ0v) is 12.7. The summed E-state index contributed by atoms with van der Waals surface area (Å²) < 4.78 is 5.30. The number of rotatable bonds is 2. The minimum absolute atomic E-state index is 0.165. The van der Waals surface area contributed by atoms with E-state index in [1.807, 2.05) is 27.8 Å². The van der Waals surface area contributed by atoms with Gasteiger partial charge in [0.1, 0.15) is 5.60 Å². The molecule has 0 saturated heterocycles. The molecular weight excluding hydrogens is 252 g/mol. The normalized spacial score (nSPS) is 18.1. The van der Waals surface area contributed by atoms with Crippen molar-refractivity contribution in [1.29, 1.82) is 0 Å². The van der Waals surface area contributed by atoms with E-state index in [0.29, 0.717) is 0 Å². The van der Waals surface area contributed by atoms with Gasteiger partial charge < -0.3 is 15.4 Å². The number of benzene rings is 1. The molecular formula is C16H24N2O2. The highest BCUT2D eigenvalue weighted by molar-refractivity contribution is 5.68. The molecule has 110 valence electrons. The molecule has 1 aliphatic rings. The number of nitrogens with one attached hydrogen (secondary N) is 2. The van der Waals surface area contributed by atoms with Gasteiger partial charge in [0, 0.05) is 18.8 Å². The standard InChI is InChI=1S/C16H24N2O2/c1-16(2,3)20-15(19)18-14-8-6-11-9-13(17-4)7-5-12(11)10-14/h5,7,9,14,17H,6,8,10H2,1-4H3,(H,18,19). The van der Waals surface area contributed by atoms with Gasteiger partial charge in [0.15, 0.2) is 0 Å². The first-order valence-corrected chi connectivity index (χ1v) is 7.16. The van der Waals surface area contributed by atoms with Crippen LogP contribution in [0.5, 0.6) is 0 Å². The highest BCUT2D eigenvalue weighted by Gasteiger charge is 2.23. The van der Waals surface area contributed by atoms with Crippen molar-refractivity contribution in [3.8, 4) is 0 Å². The van der Waals surface area contributed by atoms with Crippen LogP contribution in [-0.4, -0.2) is 24.8 Å². The van der Waals surface area contributed by atoms with E-state index in [-0.39, 0.29) is 12.1 Å². The second-order valence-corrected chi connectivity index (χ2v) is 6.32. The second kappa shape index (κ2) is 5.73. The number of amides is 1. The summed E-state index contributed by atoms with van der Waals surface area (Å²) in [6, 6.07) is 6.58. The van der Waals surface area contributed by atoms with Crippen LogP contribution in [0.25, 0.3) is 0 Å². The minimum atomic E-state index is -0.446. The van der Waals surface area contributed by atoms with E-state index in [1.165, 1.54) is 11.1 Å². The van der Waals surface area contributed by atoms with Crippen LogP contribution in [0.15, 0.2) is 18.2 Å². The Hall–Kier alpha value is -1.71. The maximum atomic E-state index is 11.8. The fourth-order valence-electron chi connectivity index (χ4n) is 2.51. The summed E-state index contributed by atoms with van der Waals surface area (Å²) in [5.74, 6) is 0. The molecule has 4 heteroatoms. The van der Waals surface area contributed by atoms with E-state index in [0.717, 1.165) is 24.9 Å². The quantitative estimate of drug-likeness (QED) is 0.872. The molecule has 2 N–H and O–H groups in total. The third-order valence-corrected chi connectivity index (χ3v) is 3.44. The van der Waals surface area contributed by atoms with E-state index in [4.69, 9.17) is 4.74 Å². The Morgan fingerprint density at radius 2 is 2.05 bits per heavy atom. The molecule has 0 aliphatic heterocycles. The molecule has 1 aromatic rings. The Labute approximate surface area is 120 Å². The zero-order chi connectivity index (χ0) is 14.8. The molecule has 2 rings (SSSR count). The number of ether oxygens (including phenoxy) is 1. The molecule has 1 atom stereocenters. The van der Waals surface area contributed by atoms with Gasteiger partial charge in [-0.3, -0.25) is 0 Å². The van der Waals surface area contributed by atoms with Gasteiger partial charge in [0.2, 0.25) is 0 Å². The molecule has 1 unspecified atom stereocenters. The van der Waals surface area contributed by atoms with Crippen LogP contribution < -0.4 is 10.6 Å². The maximum Gasteiger partial charge on any atom is 0.407 e. The van der Waals surface area contributed by atoms with Gasteiger partial charge in [-0.2, -0.15) is 0 Å². The number of carbonyl (C=O) groups excluding carboxylic acids is 1. The maximum absolute atomic E-state index is 11.8. The highest BCUT2D eigenvalue weighted by Crippen LogP contribution is 2.24. The van der Waals surface area contributed by atoms with Gasteiger partial charge in [-0.1, -0.05) is 6.07 Å². The van der Waals surface area contributed by atoms with E-state index in [1.54, 1.807) is 0 Å². The monoisotopic (exact) mass is 276 g/mol. The Bertz CT molecular complexity index is 492. The number of hydrogen-bond acceptors (Lipinski definition) is 3. The average molecular weight is 276 g/mol. The highest BCUT2D eigenvalue weighted by atomic mass is 16.6. The number of fused-ring (bicyclic) bond motifs is 1. The third-order valence-electron chi connectivity index (χ3n) is 3.44. The molecule has 1 amide bonds. The predicted molar refractivity (Wildman–Crippen MR) is 81.2 cm³/mol. The van der Waals surface area contributed by atoms with Gasteiger partial charge in [0.25, 0.3) is 0 Å². The van der Waals surface area contributed by atoms with Crippen molar-refractivity contribution in [3.05, 3.63) is 29.3 Å². The molecule has 1 aliphatic carbocycles. The molecule has 0 radical (unpaired) electrons. The topological polar surface area (TPSA) is 50.4 Å². The van der Waals surface area contributed by atoms with Crippen LogP contribution in [0, 0.1) is 0 Å². The molecule has 20 heavy (non-hydrogen) atoms. The minimum Gasteiger partial charge on any atom is -0.444 e. The first-order chi connectivity index (χ1) is 9.37. The van der Waals surface area contributed by atoms with Crippen molar-refractivity contribution in [2.75, 3.05) is 12.4 Å². The summed E-state index contributed by atoms with van der Waals surface area (Å²) in [5, 5.41) is 6.12. The number of hydrogen-bond donors (Lipinski definition) is 2. The Morgan fingerprint density at radius 3 is 2.70 bits per heavy atom. The van der Waals surface area contributed by atoms with Gasteiger partial charge >= 0.3 is 6.09 Å². The fourth-order valence-corrected chi connectivity index (χ4v) is 2.51. The molecule has 0 heterocycles. The van der Waals surface area contributed by atoms with E-state index in [9.17, 15) is 4.79 Å². The molecule has 4 nitrogen and oxygen atoms in total. The molecule has 1 aromatic carbocycles. The predicted octanol–water partition coefficient (Wildman–Crippen LogP) is 3.11. The fraction of sp³-hybridized carbons (Fsp3) is 0.562. The molecule has 0 fully saturated rings. The van der Waals surface area contributed by atoms with Crippen molar-refractivity contribution in [1.82, 2.24) is 5.32 Å². The molecule has 0 spiro atoms. The molecule has 0 bridgehead atoms. The number of alkyl carbamates (subject to hydrolysis) is 1. The smallest absolute Gasteiger partial charge is 0.407 e. The Balaban J connectivity index is 1.96. The lowest BCUT2D eigenvalue weighted by Gasteiger charge is -2.27. The van der Waals surface area contributed by atoms with Crippen molar-refractivity contribution >= 4 is 11.8 Å². The van der Waals surface area contributed by atoms with Gasteiger partial charge in [0.05, 0.1) is 0 Å². The lowest BCUT2D eigenvalue weighted by molar-refractivity contribution is 0.0500. The van der Waals surface area contributed by atoms with Crippen LogP contribution >= 0.6 is 0 Å². The summed E-state index contributed by atoms with van der Waals surface area (Å²) in [6.45, 7) is 5.63. The van der Waals surface area contributed by atoms with Gasteiger partial charge in [-0.05, 0) is 63.3 Å². The number of aryl methyl sites for hydroxylation is 1. The van der Waals surface area contributed by atoms with Crippen molar-refractivity contribution in [2.24, 2.45) is 0 Å². The summed E-state index contributed by atoms with van der Waals surface area (Å²) in [4.78, 5) is 11.8. The average Bonchev–Trinajstić information content (AvgIpc) is 2.35. The lowest BCUT2D eigenvalue weighted by atomic mass is 9.88. The van der Waals surface area contributed by atoms with Gasteiger partial charge in [-0.25, -0.2) is 4.79 Å². The van der Waals surface area contributed by atoms with E-state index >= 15 is 0 Å². The van der Waals surface area contributed by atoms with Crippen LogP contribution in [0.4, 0.5) is 10.5 Å². The van der Waals surface area contributed by atoms with Crippen molar-refractivity contribution < 1.29 is 9.53 Å².